The van der Waals surface area contributed by atoms with E-state index in [1.165, 1.54) is 0 Å². The Morgan fingerprint density at radius 1 is 1.11 bits per heavy atom. The first-order valence-corrected chi connectivity index (χ1v) is 12.3. The SMILES string of the molecule is CCC(C)C(NC(=O)OCC1c2ccccc2-c2ccccc21)C(=O)N1C[C@@H](C)[C@](C)(C(=O)O)C1. The van der Waals surface area contributed by atoms with Crippen LogP contribution < -0.4 is 5.32 Å². The summed E-state index contributed by atoms with van der Waals surface area (Å²) in [6.45, 7) is 8.02. The van der Waals surface area contributed by atoms with E-state index in [4.69, 9.17) is 4.74 Å². The van der Waals surface area contributed by atoms with Crippen LogP contribution in [0.2, 0.25) is 0 Å². The van der Waals surface area contributed by atoms with Crippen LogP contribution in [-0.2, 0) is 14.3 Å². The van der Waals surface area contributed by atoms with E-state index in [0.29, 0.717) is 13.0 Å². The van der Waals surface area contributed by atoms with Gasteiger partial charge in [-0.05, 0) is 41.0 Å². The van der Waals surface area contributed by atoms with Gasteiger partial charge in [0.15, 0.2) is 0 Å². The fourth-order valence-electron chi connectivity index (χ4n) is 5.24. The van der Waals surface area contributed by atoms with E-state index in [9.17, 15) is 19.5 Å². The number of nitrogens with zero attached hydrogens (tertiary/aromatic N) is 1. The molecule has 0 aromatic heterocycles. The van der Waals surface area contributed by atoms with E-state index in [0.717, 1.165) is 22.3 Å². The van der Waals surface area contributed by atoms with Crippen molar-refractivity contribution < 1.29 is 24.2 Å². The highest BCUT2D eigenvalue weighted by Crippen LogP contribution is 2.44. The highest BCUT2D eigenvalue weighted by molar-refractivity contribution is 5.87. The van der Waals surface area contributed by atoms with Gasteiger partial charge in [0, 0.05) is 19.0 Å². The zero-order valence-corrected chi connectivity index (χ0v) is 20.8. The molecule has 0 spiro atoms. The van der Waals surface area contributed by atoms with Crippen LogP contribution in [0, 0.1) is 17.3 Å². The number of carboxylic acid groups (broad SMARTS) is 1. The number of carboxylic acids is 1. The van der Waals surface area contributed by atoms with Crippen LogP contribution in [0.15, 0.2) is 48.5 Å². The van der Waals surface area contributed by atoms with Gasteiger partial charge in [-0.25, -0.2) is 4.79 Å². The standard InChI is InChI=1S/C28H34N2O5/c1-5-17(2)24(25(31)30-14-18(3)28(4,16-30)26(32)33)29-27(34)35-15-23-21-12-8-6-10-19(21)20-11-7-9-13-22(20)23/h6-13,17-18,23-24H,5,14-16H2,1-4H3,(H,29,34)(H,32,33)/t17?,18-,24?,28-/m1/s1. The molecule has 7 nitrogen and oxygen atoms in total. The van der Waals surface area contributed by atoms with Gasteiger partial charge in [-0.3, -0.25) is 9.59 Å². The van der Waals surface area contributed by atoms with Gasteiger partial charge < -0.3 is 20.1 Å². The molecule has 2 amide bonds. The van der Waals surface area contributed by atoms with Crippen LogP contribution in [-0.4, -0.2) is 53.7 Å². The van der Waals surface area contributed by atoms with Crippen molar-refractivity contribution in [1.29, 1.82) is 0 Å². The van der Waals surface area contributed by atoms with Crippen LogP contribution in [0.5, 0.6) is 0 Å². The number of likely N-dealkylation sites (tertiary alicyclic amines) is 1. The molecule has 1 aliphatic heterocycles. The first kappa shape index (κ1) is 24.8. The van der Waals surface area contributed by atoms with Gasteiger partial charge in [-0.1, -0.05) is 75.7 Å². The predicted molar refractivity (Wildman–Crippen MR) is 133 cm³/mol. The molecule has 0 radical (unpaired) electrons. The molecule has 2 unspecified atom stereocenters. The highest BCUT2D eigenvalue weighted by Gasteiger charge is 2.49. The number of ether oxygens (including phenoxy) is 1. The summed E-state index contributed by atoms with van der Waals surface area (Å²) in [5.74, 6) is -1.55. The zero-order chi connectivity index (χ0) is 25.3. The number of benzene rings is 2. The van der Waals surface area contributed by atoms with Gasteiger partial charge in [-0.15, -0.1) is 0 Å². The quantitative estimate of drug-likeness (QED) is 0.611. The Balaban J connectivity index is 1.45. The van der Waals surface area contributed by atoms with Crippen molar-refractivity contribution in [2.24, 2.45) is 17.3 Å². The Bertz CT molecular complexity index is 1090. The predicted octanol–water partition coefficient (Wildman–Crippen LogP) is 4.51. The number of carbonyl (C=O) groups is 3. The zero-order valence-electron chi connectivity index (χ0n) is 20.8. The van der Waals surface area contributed by atoms with Crippen molar-refractivity contribution in [2.45, 2.75) is 46.1 Å². The van der Waals surface area contributed by atoms with E-state index in [1.807, 2.05) is 45.0 Å². The Hall–Kier alpha value is -3.35. The van der Waals surface area contributed by atoms with E-state index >= 15 is 0 Å². The minimum atomic E-state index is -1.00. The smallest absolute Gasteiger partial charge is 0.407 e. The third kappa shape index (κ3) is 4.51. The molecule has 186 valence electrons. The lowest BCUT2D eigenvalue weighted by Gasteiger charge is -2.29. The van der Waals surface area contributed by atoms with Gasteiger partial charge in [0.1, 0.15) is 12.6 Å². The molecule has 2 N–H and O–H groups in total. The molecular formula is C28H34N2O5. The van der Waals surface area contributed by atoms with Gasteiger partial charge in [0.25, 0.3) is 0 Å². The molecule has 1 heterocycles. The van der Waals surface area contributed by atoms with E-state index < -0.39 is 23.5 Å². The Morgan fingerprint density at radius 2 is 1.69 bits per heavy atom. The van der Waals surface area contributed by atoms with Crippen LogP contribution in [0.25, 0.3) is 11.1 Å². The average Bonchev–Trinajstić information content (AvgIpc) is 3.35. The number of rotatable bonds is 7. The molecule has 1 saturated heterocycles. The minimum Gasteiger partial charge on any atom is -0.481 e. The van der Waals surface area contributed by atoms with Crippen molar-refractivity contribution in [3.63, 3.8) is 0 Å². The van der Waals surface area contributed by atoms with Crippen molar-refractivity contribution in [2.75, 3.05) is 19.7 Å². The maximum atomic E-state index is 13.4. The van der Waals surface area contributed by atoms with E-state index in [-0.39, 0.29) is 36.8 Å². The third-order valence-corrected chi connectivity index (χ3v) is 8.00. The van der Waals surface area contributed by atoms with Crippen LogP contribution >= 0.6 is 0 Å². The summed E-state index contributed by atoms with van der Waals surface area (Å²) in [5, 5.41) is 12.5. The largest absolute Gasteiger partial charge is 0.481 e. The summed E-state index contributed by atoms with van der Waals surface area (Å²) in [5.41, 5.74) is 3.54. The normalized spacial score (nSPS) is 22.7. The summed E-state index contributed by atoms with van der Waals surface area (Å²) in [4.78, 5) is 39.6. The molecule has 35 heavy (non-hydrogen) atoms. The number of nitrogens with one attached hydrogen (secondary N) is 1. The Kier molecular flexibility index (Phi) is 6.88. The monoisotopic (exact) mass is 478 g/mol. The molecule has 2 aliphatic rings. The van der Waals surface area contributed by atoms with Crippen LogP contribution in [0.3, 0.4) is 0 Å². The number of aliphatic carboxylic acids is 1. The number of fused-ring (bicyclic) bond motifs is 3. The van der Waals surface area contributed by atoms with Gasteiger partial charge in [0.2, 0.25) is 5.91 Å². The Labute approximate surface area is 206 Å². The minimum absolute atomic E-state index is 0.0680. The second kappa shape index (κ2) is 9.72. The third-order valence-electron chi connectivity index (χ3n) is 8.00. The summed E-state index contributed by atoms with van der Waals surface area (Å²) in [7, 11) is 0. The van der Waals surface area contributed by atoms with Crippen LogP contribution in [0.4, 0.5) is 4.79 Å². The van der Waals surface area contributed by atoms with E-state index in [1.54, 1.807) is 11.8 Å². The maximum Gasteiger partial charge on any atom is 0.407 e. The molecule has 1 fully saturated rings. The molecule has 2 aromatic rings. The lowest BCUT2D eigenvalue weighted by atomic mass is 9.81. The number of carbonyl (C=O) groups excluding carboxylic acids is 2. The second-order valence-electron chi connectivity index (χ2n) is 10.2. The van der Waals surface area contributed by atoms with Crippen molar-refractivity contribution in [3.8, 4) is 11.1 Å². The molecule has 4 rings (SSSR count). The second-order valence-corrected chi connectivity index (χ2v) is 10.2. The first-order chi connectivity index (χ1) is 16.7. The van der Waals surface area contributed by atoms with Crippen molar-refractivity contribution >= 4 is 18.0 Å². The number of hydrogen-bond donors (Lipinski definition) is 2. The molecule has 4 atom stereocenters. The fourth-order valence-corrected chi connectivity index (χ4v) is 5.24. The van der Waals surface area contributed by atoms with Gasteiger partial charge in [-0.2, -0.15) is 0 Å². The lowest BCUT2D eigenvalue weighted by Crippen LogP contribution is -2.52. The molecule has 0 bridgehead atoms. The molecule has 7 heteroatoms. The topological polar surface area (TPSA) is 95.9 Å². The first-order valence-electron chi connectivity index (χ1n) is 12.3. The highest BCUT2D eigenvalue weighted by atomic mass is 16.5. The van der Waals surface area contributed by atoms with Crippen molar-refractivity contribution in [1.82, 2.24) is 10.2 Å². The van der Waals surface area contributed by atoms with E-state index in [2.05, 4.69) is 29.6 Å². The van der Waals surface area contributed by atoms with Crippen molar-refractivity contribution in [3.05, 3.63) is 59.7 Å². The molecule has 1 aliphatic carbocycles. The number of hydrogen-bond acceptors (Lipinski definition) is 4. The summed E-state index contributed by atoms with van der Waals surface area (Å²) >= 11 is 0. The fraction of sp³-hybridized carbons (Fsp3) is 0.464. The number of amides is 2. The van der Waals surface area contributed by atoms with Gasteiger partial charge >= 0.3 is 12.1 Å². The number of alkyl carbamates (subject to hydrolysis) is 1. The average molecular weight is 479 g/mol. The summed E-state index contributed by atoms with van der Waals surface area (Å²) < 4.78 is 5.66. The summed E-state index contributed by atoms with van der Waals surface area (Å²) in [6.07, 6.45) is 0.0402. The summed E-state index contributed by atoms with van der Waals surface area (Å²) in [6, 6.07) is 15.5. The van der Waals surface area contributed by atoms with Crippen LogP contribution in [0.1, 0.15) is 51.2 Å². The molecule has 2 aromatic carbocycles. The van der Waals surface area contributed by atoms with Gasteiger partial charge in [0.05, 0.1) is 5.41 Å². The molecule has 0 saturated carbocycles. The Morgan fingerprint density at radius 3 is 2.20 bits per heavy atom. The molecular weight excluding hydrogens is 444 g/mol. The maximum absolute atomic E-state index is 13.4. The lowest BCUT2D eigenvalue weighted by molar-refractivity contribution is -0.149.